The van der Waals surface area contributed by atoms with Crippen LogP contribution in [0.3, 0.4) is 0 Å². The third-order valence-corrected chi connectivity index (χ3v) is 8.37. The van der Waals surface area contributed by atoms with E-state index in [2.05, 4.69) is 39.5 Å². The van der Waals surface area contributed by atoms with Crippen LogP contribution in [0.1, 0.15) is 62.3 Å². The van der Waals surface area contributed by atoms with E-state index in [9.17, 15) is 48.7 Å². The van der Waals surface area contributed by atoms with Crippen LogP contribution >= 0.6 is 7.82 Å². The zero-order chi connectivity index (χ0) is 37.8. The highest BCUT2D eigenvalue weighted by molar-refractivity contribution is 7.48. The van der Waals surface area contributed by atoms with Gasteiger partial charge in [0.05, 0.1) is 0 Å². The molecule has 3 atom stereocenters. The third kappa shape index (κ3) is 10.7. The summed E-state index contributed by atoms with van der Waals surface area (Å²) < 4.78 is 30.3. The summed E-state index contributed by atoms with van der Waals surface area (Å²) in [5.41, 5.74) is -1.65. The second-order valence-corrected chi connectivity index (χ2v) is 13.5. The summed E-state index contributed by atoms with van der Waals surface area (Å²) in [6, 6.07) is 0. The zero-order valence-corrected chi connectivity index (χ0v) is 29.2. The fourth-order valence-electron chi connectivity index (χ4n) is 4.19. The Morgan fingerprint density at radius 3 is 0.681 bits per heavy atom. The number of carbonyl (C=O) groups is 6. The van der Waals surface area contributed by atoms with Gasteiger partial charge < -0.3 is 15.3 Å². The van der Waals surface area contributed by atoms with Crippen molar-refractivity contribution < 1.29 is 62.2 Å². The number of phosphoric acid groups is 1. The van der Waals surface area contributed by atoms with Crippen LogP contribution in [0.4, 0.5) is 0 Å². The van der Waals surface area contributed by atoms with E-state index in [0.717, 1.165) is 0 Å². The molecule has 0 fully saturated rings. The number of rotatable bonds is 21. The highest BCUT2D eigenvalue weighted by Gasteiger charge is 2.58. The van der Waals surface area contributed by atoms with Gasteiger partial charge in [-0.3, -0.25) is 42.3 Å². The van der Waals surface area contributed by atoms with Gasteiger partial charge in [-0.05, 0) is 95.8 Å². The zero-order valence-electron chi connectivity index (χ0n) is 28.3. The summed E-state index contributed by atoms with van der Waals surface area (Å²) >= 11 is 0. The van der Waals surface area contributed by atoms with Gasteiger partial charge in [0.25, 0.3) is 0 Å². The number of hydrogen-bond donors (Lipinski definition) is 3. The van der Waals surface area contributed by atoms with Crippen LogP contribution in [0.25, 0.3) is 0 Å². The average molecular weight is 681 g/mol. The predicted molar refractivity (Wildman–Crippen MR) is 172 cm³/mol. The van der Waals surface area contributed by atoms with E-state index in [1.165, 1.54) is 41.5 Å². The summed E-state index contributed by atoms with van der Waals surface area (Å²) in [4.78, 5) is 78.5. The quantitative estimate of drug-likeness (QED) is 0.0679. The van der Waals surface area contributed by atoms with Gasteiger partial charge >= 0.3 is 7.82 Å². The topological polar surface area (TPSA) is 208 Å². The van der Waals surface area contributed by atoms with Crippen LogP contribution < -0.4 is 0 Å². The fraction of sp³-hybridized carbons (Fsp3) is 0.455. The molecular weight excluding hydrogens is 635 g/mol. The Balaban J connectivity index is 7.81. The molecule has 0 radical (unpaired) electrons. The largest absolute Gasteiger partial charge is 0.482 e. The van der Waals surface area contributed by atoms with Gasteiger partial charge in [0.15, 0.2) is 52.1 Å². The minimum Gasteiger partial charge on any atom is -0.364 e. The van der Waals surface area contributed by atoms with E-state index in [1.807, 2.05) is 0 Å². The molecule has 0 aromatic rings. The van der Waals surface area contributed by atoms with E-state index in [0.29, 0.717) is 20.8 Å². The summed E-state index contributed by atoms with van der Waals surface area (Å²) in [5, 5.41) is 34.3. The third-order valence-electron chi connectivity index (χ3n) is 6.59. The monoisotopic (exact) mass is 680 g/mol. The molecule has 13 nitrogen and oxygen atoms in total. The van der Waals surface area contributed by atoms with Gasteiger partial charge in [0.2, 0.25) is 0 Å². The Morgan fingerprint density at radius 1 is 0.447 bits per heavy atom. The molecule has 14 heteroatoms. The maximum Gasteiger partial charge on any atom is 0.482 e. The van der Waals surface area contributed by atoms with Crippen LogP contribution in [0, 0.1) is 17.8 Å². The minimum atomic E-state index is -6.01. The number of aliphatic hydroxyl groups is 3. The highest BCUT2D eigenvalue weighted by Crippen LogP contribution is 2.60. The van der Waals surface area contributed by atoms with Crippen LogP contribution in [0.5, 0.6) is 0 Å². The van der Waals surface area contributed by atoms with E-state index in [1.54, 1.807) is 0 Å². The van der Waals surface area contributed by atoms with Gasteiger partial charge in [-0.1, -0.05) is 39.5 Å². The summed E-state index contributed by atoms with van der Waals surface area (Å²) in [6.45, 7) is 29.8. The van der Waals surface area contributed by atoms with E-state index in [-0.39, 0.29) is 33.4 Å². The van der Waals surface area contributed by atoms with E-state index < -0.39 is 77.6 Å². The number of hydrogen-bond acceptors (Lipinski definition) is 13. The smallest absolute Gasteiger partial charge is 0.364 e. The normalized spacial score (nSPS) is 16.6. The molecule has 260 valence electrons. The van der Waals surface area contributed by atoms with Crippen molar-refractivity contribution in [2.24, 2.45) is 17.8 Å². The SMILES string of the molecule is C=C(C)C(=O)C(C(=O)C(=C)C)C(C)(O)OP(=O)(OC(C)(O)C(C(=O)C(=C)C)C(=O)C(=C)C)OC(C)(O)C(C(=O)C(=C)C)C(=O)C(=C)C. The molecule has 3 unspecified atom stereocenters. The number of Topliss-reactive ketones (excluding diaryl/α,β-unsaturated/α-hetero) is 6. The van der Waals surface area contributed by atoms with Gasteiger partial charge in [0, 0.05) is 0 Å². The van der Waals surface area contributed by atoms with Crippen LogP contribution in [-0.2, 0) is 46.9 Å². The van der Waals surface area contributed by atoms with Crippen molar-refractivity contribution in [2.45, 2.75) is 79.7 Å². The molecule has 0 spiro atoms. The van der Waals surface area contributed by atoms with Gasteiger partial charge in [-0.25, -0.2) is 4.57 Å². The van der Waals surface area contributed by atoms with Crippen LogP contribution in [0.15, 0.2) is 72.9 Å². The molecular formula is C33H45O13P. The predicted octanol–water partition coefficient (Wildman–Crippen LogP) is 3.99. The Kier molecular flexibility index (Phi) is 14.4. The summed E-state index contributed by atoms with van der Waals surface area (Å²) in [6.07, 6.45) is 0. The van der Waals surface area contributed by atoms with Gasteiger partial charge in [-0.15, -0.1) is 0 Å². The molecule has 47 heavy (non-hydrogen) atoms. The molecule has 0 saturated heterocycles. The van der Waals surface area contributed by atoms with E-state index in [4.69, 9.17) is 13.6 Å². The first kappa shape index (κ1) is 43.5. The lowest BCUT2D eigenvalue weighted by atomic mass is 9.85. The highest BCUT2D eigenvalue weighted by atomic mass is 31.2. The number of phosphoric ester groups is 1. The summed E-state index contributed by atoms with van der Waals surface area (Å²) in [5.74, 6) is -23.2. The lowest BCUT2D eigenvalue weighted by molar-refractivity contribution is -0.231. The molecule has 0 aliphatic rings. The van der Waals surface area contributed by atoms with Gasteiger partial charge in [0.1, 0.15) is 17.8 Å². The molecule has 0 saturated carbocycles. The van der Waals surface area contributed by atoms with Crippen LogP contribution in [0.2, 0.25) is 0 Å². The molecule has 0 aliphatic carbocycles. The first-order chi connectivity index (χ1) is 20.9. The van der Waals surface area contributed by atoms with Crippen LogP contribution in [-0.4, -0.2) is 67.4 Å². The fourth-order valence-corrected chi connectivity index (χ4v) is 5.97. The number of allylic oxidation sites excluding steroid dienone is 6. The second kappa shape index (κ2) is 15.6. The molecule has 0 rings (SSSR count). The van der Waals surface area contributed by atoms with E-state index >= 15 is 0 Å². The molecule has 0 heterocycles. The standard InChI is InChI=1S/C33H45O13P/c1-16(2)25(34)22(26(35)17(3)4)31(13,40)44-47(43,45-32(14,41)23(27(36)18(5)6)28(37)19(7)8)46-33(15,42)24(29(38)20(9)10)30(39)21(11)12/h22-24,40-42H,1,3,5,7,9,11H2,2,4,6,8,10,12-15H3. The second-order valence-electron chi connectivity index (χ2n) is 12.1. The minimum absolute atomic E-state index is 0.275. The van der Waals surface area contributed by atoms with Crippen molar-refractivity contribution in [1.82, 2.24) is 0 Å². The molecule has 0 amide bonds. The van der Waals surface area contributed by atoms with Crippen molar-refractivity contribution in [3.63, 3.8) is 0 Å². The number of ketones is 6. The molecule has 0 aliphatic heterocycles. The Bertz CT molecular complexity index is 1250. The molecule has 0 bridgehead atoms. The van der Waals surface area contributed by atoms with Crippen molar-refractivity contribution in [3.8, 4) is 0 Å². The molecule has 3 N–H and O–H groups in total. The van der Waals surface area contributed by atoms with Crippen molar-refractivity contribution in [3.05, 3.63) is 72.9 Å². The Morgan fingerprint density at radius 2 is 0.574 bits per heavy atom. The first-order valence-electron chi connectivity index (χ1n) is 14.0. The maximum absolute atomic E-state index is 14.6. The lowest BCUT2D eigenvalue weighted by Gasteiger charge is -2.40. The maximum atomic E-state index is 14.6. The Labute approximate surface area is 275 Å². The first-order valence-corrected chi connectivity index (χ1v) is 15.4. The lowest BCUT2D eigenvalue weighted by Crippen LogP contribution is -2.51. The molecule has 0 aromatic heterocycles. The van der Waals surface area contributed by atoms with Crippen molar-refractivity contribution >= 4 is 42.5 Å². The van der Waals surface area contributed by atoms with Gasteiger partial charge in [-0.2, -0.15) is 0 Å². The van der Waals surface area contributed by atoms with Crippen molar-refractivity contribution in [2.75, 3.05) is 0 Å². The van der Waals surface area contributed by atoms with Crippen molar-refractivity contribution in [1.29, 1.82) is 0 Å². The number of carbonyl (C=O) groups excluding carboxylic acids is 6. The summed E-state index contributed by atoms with van der Waals surface area (Å²) in [7, 11) is -6.01. The molecule has 0 aromatic carbocycles. The average Bonchev–Trinajstić information content (AvgIpc) is 2.85. The Hall–Kier alpha value is -3.55.